The number of hydrogen-bond acceptors (Lipinski definition) is 7. The number of sulfone groups is 1. The second-order valence-corrected chi connectivity index (χ2v) is 12.2. The molecule has 1 fully saturated rings. The van der Waals surface area contributed by atoms with Gasteiger partial charge in [0.2, 0.25) is 0 Å². The first-order chi connectivity index (χ1) is 17.6. The lowest BCUT2D eigenvalue weighted by Crippen LogP contribution is -2.49. The second kappa shape index (κ2) is 12.4. The number of ether oxygens (including phenoxy) is 1. The Morgan fingerprint density at radius 2 is 1.71 bits per heavy atom. The van der Waals surface area contributed by atoms with Gasteiger partial charge in [0.1, 0.15) is 0 Å². The molecule has 2 N–H and O–H groups in total. The first-order valence-corrected chi connectivity index (χ1v) is 14.2. The third kappa shape index (κ3) is 6.44. The van der Waals surface area contributed by atoms with E-state index in [1.54, 1.807) is 18.3 Å². The number of hydrogen-bond donors (Lipinski definition) is 2. The topological polar surface area (TPSA) is 118 Å². The van der Waals surface area contributed by atoms with Crippen molar-refractivity contribution in [3.63, 3.8) is 0 Å². The van der Waals surface area contributed by atoms with Gasteiger partial charge < -0.3 is 9.30 Å². The van der Waals surface area contributed by atoms with Crippen LogP contribution in [-0.4, -0.2) is 72.9 Å². The molecule has 1 aromatic heterocycles. The summed E-state index contributed by atoms with van der Waals surface area (Å²) in [5.41, 5.74) is 4.48. The van der Waals surface area contributed by atoms with E-state index in [1.807, 2.05) is 12.1 Å². The van der Waals surface area contributed by atoms with Crippen molar-refractivity contribution in [2.45, 2.75) is 31.1 Å². The fourth-order valence-corrected chi connectivity index (χ4v) is 5.38. The number of fused-ring (bicyclic) bond motifs is 1. The van der Waals surface area contributed by atoms with Gasteiger partial charge in [0, 0.05) is 44.0 Å². The molecule has 0 unspecified atom stereocenters. The molecule has 0 bridgehead atoms. The van der Waals surface area contributed by atoms with Crippen LogP contribution in [0.4, 0.5) is 0 Å². The summed E-state index contributed by atoms with van der Waals surface area (Å²) >= 11 is 0. The molecule has 38 heavy (non-hydrogen) atoms. The number of pyridine rings is 1. The van der Waals surface area contributed by atoms with Crippen molar-refractivity contribution in [3.8, 4) is 11.1 Å². The normalized spacial score (nSPS) is 16.0. The van der Waals surface area contributed by atoms with Gasteiger partial charge in [-0.15, -0.1) is 12.4 Å². The van der Waals surface area contributed by atoms with E-state index in [2.05, 4.69) is 29.2 Å². The molecule has 9 nitrogen and oxygen atoms in total. The van der Waals surface area contributed by atoms with Crippen LogP contribution in [0.2, 0.25) is 0 Å². The highest BCUT2D eigenvalue weighted by Gasteiger charge is 2.43. The number of aryl methyl sites for hydroxylation is 1. The van der Waals surface area contributed by atoms with Crippen LogP contribution in [0, 0.1) is 0 Å². The maximum absolute atomic E-state index is 13.1. The van der Waals surface area contributed by atoms with E-state index < -0.39 is 20.5 Å². The number of carbonyl (C=O) groups excluding carboxylic acids is 1. The Hall–Kier alpha value is -2.76. The van der Waals surface area contributed by atoms with Gasteiger partial charge in [0.05, 0.1) is 13.2 Å². The van der Waals surface area contributed by atoms with E-state index >= 15 is 0 Å². The Kier molecular flexibility index (Phi) is 9.72. The summed E-state index contributed by atoms with van der Waals surface area (Å²) in [5, 5.41) is 10.3. The zero-order chi connectivity index (χ0) is 26.6. The summed E-state index contributed by atoms with van der Waals surface area (Å²) in [6.07, 6.45) is 3.35. The van der Waals surface area contributed by atoms with E-state index in [0.717, 1.165) is 62.0 Å². The summed E-state index contributed by atoms with van der Waals surface area (Å²) in [7, 11) is -3.85. The summed E-state index contributed by atoms with van der Waals surface area (Å²) < 4.78 is 29.3. The number of benzene rings is 2. The average molecular weight is 564 g/mol. The van der Waals surface area contributed by atoms with Crippen molar-refractivity contribution >= 4 is 38.9 Å². The third-order valence-corrected chi connectivity index (χ3v) is 9.34. The first kappa shape index (κ1) is 29.8. The number of hydroxylamine groups is 1. The molecule has 1 aliphatic heterocycles. The number of carbonyl (C=O) groups is 1. The van der Waals surface area contributed by atoms with Gasteiger partial charge in [0.25, 0.3) is 11.5 Å². The average Bonchev–Trinajstić information content (AvgIpc) is 2.91. The zero-order valence-electron chi connectivity index (χ0n) is 21.6. The van der Waals surface area contributed by atoms with Crippen molar-refractivity contribution in [1.29, 1.82) is 0 Å². The molecule has 0 saturated carbocycles. The summed E-state index contributed by atoms with van der Waals surface area (Å²) in [4.78, 5) is 27.6. The van der Waals surface area contributed by atoms with Gasteiger partial charge >= 0.3 is 0 Å². The fraction of sp³-hybridized carbons (Fsp3) is 0.407. The number of aromatic nitrogens is 1. The van der Waals surface area contributed by atoms with Crippen LogP contribution in [0.3, 0.4) is 0 Å². The van der Waals surface area contributed by atoms with Crippen molar-refractivity contribution in [2.24, 2.45) is 0 Å². The third-order valence-electron chi connectivity index (χ3n) is 7.31. The molecular formula is C27H34ClN3O6S. The van der Waals surface area contributed by atoms with E-state index in [0.29, 0.717) is 5.39 Å². The number of halogens is 1. The Bertz CT molecular complexity index is 1440. The largest absolute Gasteiger partial charge is 0.379 e. The molecular weight excluding hydrogens is 530 g/mol. The molecule has 11 heteroatoms. The fourth-order valence-electron chi connectivity index (χ4n) is 4.54. The summed E-state index contributed by atoms with van der Waals surface area (Å²) in [6.45, 7) is 5.80. The van der Waals surface area contributed by atoms with Gasteiger partial charge in [0.15, 0.2) is 14.6 Å². The Morgan fingerprint density at radius 3 is 2.34 bits per heavy atom. The SMILES string of the molecule is C[C@@](CCn1ccc2cc(-c3ccc(CCN4CCOCC4)cc3)ccc2c1=O)(C(=O)NO)S(C)(=O)=O.Cl. The van der Waals surface area contributed by atoms with Crippen LogP contribution >= 0.6 is 12.4 Å². The molecule has 0 aliphatic carbocycles. The number of rotatable bonds is 9. The van der Waals surface area contributed by atoms with Gasteiger partial charge in [-0.2, -0.15) is 0 Å². The molecule has 1 saturated heterocycles. The van der Waals surface area contributed by atoms with Crippen LogP contribution in [0.25, 0.3) is 21.9 Å². The van der Waals surface area contributed by atoms with Gasteiger partial charge in [-0.05, 0) is 60.0 Å². The number of morpholine rings is 1. The highest BCUT2D eigenvalue weighted by Crippen LogP contribution is 2.25. The van der Waals surface area contributed by atoms with Crippen LogP contribution in [0.1, 0.15) is 18.9 Å². The molecule has 1 aliphatic rings. The minimum atomic E-state index is -3.85. The lowest BCUT2D eigenvalue weighted by molar-refractivity contribution is -0.131. The van der Waals surface area contributed by atoms with Crippen LogP contribution in [0.15, 0.2) is 59.5 Å². The first-order valence-electron chi connectivity index (χ1n) is 12.3. The molecule has 2 heterocycles. The Labute approximate surface area is 228 Å². The number of amides is 1. The molecule has 206 valence electrons. The monoisotopic (exact) mass is 563 g/mol. The van der Waals surface area contributed by atoms with E-state index in [4.69, 9.17) is 9.94 Å². The van der Waals surface area contributed by atoms with Crippen LogP contribution in [-0.2, 0) is 32.3 Å². The van der Waals surface area contributed by atoms with Gasteiger partial charge in [-0.1, -0.05) is 30.3 Å². The van der Waals surface area contributed by atoms with Crippen LogP contribution < -0.4 is 11.0 Å². The maximum Gasteiger partial charge on any atom is 0.264 e. The van der Waals surface area contributed by atoms with E-state index in [-0.39, 0.29) is 30.9 Å². The molecule has 4 rings (SSSR count). The van der Waals surface area contributed by atoms with Gasteiger partial charge in [-0.3, -0.25) is 19.7 Å². The van der Waals surface area contributed by atoms with Crippen molar-refractivity contribution in [2.75, 3.05) is 39.1 Å². The predicted molar refractivity (Wildman–Crippen MR) is 150 cm³/mol. The Morgan fingerprint density at radius 1 is 1.05 bits per heavy atom. The second-order valence-electron chi connectivity index (χ2n) is 9.71. The molecule has 3 aromatic rings. The van der Waals surface area contributed by atoms with Crippen molar-refractivity contribution < 1.29 is 23.2 Å². The predicted octanol–water partition coefficient (Wildman–Crippen LogP) is 2.66. The standard InChI is InChI=1S/C27H33N3O6S.ClH/c1-27(26(32)28-33,37(2,34)35)11-14-30-13-10-23-19-22(7-8-24(23)25(30)31)21-5-3-20(4-6-21)9-12-29-15-17-36-18-16-29;/h3-8,10,13,19,33H,9,11-12,14-18H2,1-2H3,(H,28,32);1H/t27-;/m1./s1. The van der Waals surface area contributed by atoms with Crippen molar-refractivity contribution in [1.82, 2.24) is 14.9 Å². The highest BCUT2D eigenvalue weighted by molar-refractivity contribution is 7.92. The Balaban J connectivity index is 0.00000400. The summed E-state index contributed by atoms with van der Waals surface area (Å²) in [5.74, 6) is -1.03. The lowest BCUT2D eigenvalue weighted by Gasteiger charge is -2.26. The quantitative estimate of drug-likeness (QED) is 0.303. The molecule has 0 spiro atoms. The number of nitrogens with one attached hydrogen (secondary N) is 1. The minimum Gasteiger partial charge on any atom is -0.379 e. The molecule has 0 radical (unpaired) electrons. The van der Waals surface area contributed by atoms with Crippen LogP contribution in [0.5, 0.6) is 0 Å². The summed E-state index contributed by atoms with van der Waals surface area (Å²) in [6, 6.07) is 15.9. The van der Waals surface area contributed by atoms with E-state index in [1.165, 1.54) is 22.5 Å². The minimum absolute atomic E-state index is 0. The molecule has 1 amide bonds. The maximum atomic E-state index is 13.1. The van der Waals surface area contributed by atoms with Gasteiger partial charge in [-0.25, -0.2) is 13.9 Å². The zero-order valence-corrected chi connectivity index (χ0v) is 23.2. The smallest absolute Gasteiger partial charge is 0.264 e. The van der Waals surface area contributed by atoms with Crippen molar-refractivity contribution in [3.05, 3.63) is 70.6 Å². The molecule has 1 atom stereocenters. The number of nitrogens with zero attached hydrogens (tertiary/aromatic N) is 2. The van der Waals surface area contributed by atoms with E-state index in [9.17, 15) is 18.0 Å². The highest BCUT2D eigenvalue weighted by atomic mass is 35.5. The lowest BCUT2D eigenvalue weighted by atomic mass is 10.00. The molecule has 2 aromatic carbocycles.